The Hall–Kier alpha value is -1.06. The first-order valence-corrected chi connectivity index (χ1v) is 6.89. The van der Waals surface area contributed by atoms with E-state index in [1.807, 2.05) is 0 Å². The molecule has 1 aromatic carbocycles. The Bertz CT molecular complexity index is 625. The number of hydrogen-bond donors (Lipinski definition) is 2. The van der Waals surface area contributed by atoms with E-state index in [2.05, 4.69) is 0 Å². The molecule has 0 amide bonds. The Morgan fingerprint density at radius 2 is 2.16 bits per heavy atom. The fraction of sp³-hybridized carbons (Fsp3) is 0.625. The number of phenols is 1. The third-order valence-corrected chi connectivity index (χ3v) is 4.40. The fourth-order valence-electron chi connectivity index (χ4n) is 3.39. The van der Waals surface area contributed by atoms with Crippen molar-refractivity contribution in [3.05, 3.63) is 29.3 Å². The van der Waals surface area contributed by atoms with Gasteiger partial charge in [0.05, 0.1) is 5.60 Å². The van der Waals surface area contributed by atoms with E-state index in [1.165, 1.54) is 12.1 Å². The molecule has 0 radical (unpaired) electrons. The number of fused-ring (bicyclic) bond motifs is 1. The number of likely N-dealkylation sites (N-methyl/N-ethyl adjacent to an activating group) is 1. The lowest BCUT2D eigenvalue weighted by Gasteiger charge is -2.44. The summed E-state index contributed by atoms with van der Waals surface area (Å²) in [7, 11) is 0. The van der Waals surface area contributed by atoms with E-state index < -0.39 is 25.0 Å². The smallest absolute Gasteiger partial charge is 0.115 e. The van der Waals surface area contributed by atoms with Gasteiger partial charge in [-0.25, -0.2) is 0 Å². The van der Waals surface area contributed by atoms with Crippen LogP contribution in [0.25, 0.3) is 0 Å². The highest BCUT2D eigenvalue weighted by Gasteiger charge is 2.41. The first kappa shape index (κ1) is 8.28. The molecule has 1 aliphatic carbocycles. The summed E-state index contributed by atoms with van der Waals surface area (Å²) in [6.07, 6.45) is 3.95. The molecule has 1 saturated carbocycles. The summed E-state index contributed by atoms with van der Waals surface area (Å²) in [4.78, 5) is 0.832. The Morgan fingerprint density at radius 3 is 2.89 bits per heavy atom. The van der Waals surface area contributed by atoms with Crippen molar-refractivity contribution in [3.63, 3.8) is 0 Å². The lowest BCUT2D eigenvalue weighted by Crippen LogP contribution is -2.46. The molecule has 0 saturated heterocycles. The van der Waals surface area contributed by atoms with Crippen molar-refractivity contribution in [1.82, 2.24) is 4.90 Å². The largest absolute Gasteiger partial charge is 0.508 e. The van der Waals surface area contributed by atoms with E-state index >= 15 is 0 Å². The van der Waals surface area contributed by atoms with Crippen LogP contribution >= 0.6 is 0 Å². The molecule has 1 atom stereocenters. The third kappa shape index (κ3) is 2.37. The number of phenolic OH excluding ortho intramolecular Hbond substituents is 1. The van der Waals surface area contributed by atoms with Crippen molar-refractivity contribution in [2.75, 3.05) is 13.5 Å². The number of hydrogen-bond acceptors (Lipinski definition) is 3. The van der Waals surface area contributed by atoms with Gasteiger partial charge in [-0.05, 0) is 43.1 Å². The van der Waals surface area contributed by atoms with E-state index in [-0.39, 0.29) is 17.9 Å². The average Bonchev–Trinajstić information content (AvgIpc) is 2.47. The van der Waals surface area contributed by atoms with Gasteiger partial charge in [0, 0.05) is 25.8 Å². The van der Waals surface area contributed by atoms with Gasteiger partial charge in [0.25, 0.3) is 0 Å². The molecule has 0 bridgehead atoms. The van der Waals surface area contributed by atoms with Gasteiger partial charge in [0.2, 0.25) is 0 Å². The minimum Gasteiger partial charge on any atom is -0.508 e. The molecule has 0 aromatic heterocycles. The number of nitrogens with zero attached hydrogens (tertiary/aromatic N) is 1. The molecule has 3 rings (SSSR count). The molecular formula is C16H23NO2. The second-order valence-corrected chi connectivity index (χ2v) is 5.71. The summed E-state index contributed by atoms with van der Waals surface area (Å²) in [5.41, 5.74) is -0.305. The first-order valence-electron chi connectivity index (χ1n) is 9.39. The van der Waals surface area contributed by atoms with Crippen molar-refractivity contribution in [2.45, 2.75) is 50.1 Å². The average molecular weight is 266 g/mol. The molecule has 3 nitrogen and oxygen atoms in total. The van der Waals surface area contributed by atoms with Crippen molar-refractivity contribution in [1.29, 1.82) is 0 Å². The minimum atomic E-state index is -2.63. The van der Waals surface area contributed by atoms with Crippen LogP contribution in [0.15, 0.2) is 18.2 Å². The van der Waals surface area contributed by atoms with Gasteiger partial charge in [-0.1, -0.05) is 25.3 Å². The molecule has 0 spiro atoms. The van der Waals surface area contributed by atoms with Gasteiger partial charge in [-0.3, -0.25) is 0 Å². The van der Waals surface area contributed by atoms with Crippen LogP contribution in [0.2, 0.25) is 0 Å². The molecule has 104 valence electrons. The first-order chi connectivity index (χ1) is 11.1. The van der Waals surface area contributed by atoms with Gasteiger partial charge >= 0.3 is 0 Å². The molecule has 1 heterocycles. The molecule has 1 aliphatic heterocycles. The van der Waals surface area contributed by atoms with E-state index in [1.54, 1.807) is 6.07 Å². The normalized spacial score (nSPS) is 34.2. The topological polar surface area (TPSA) is 43.7 Å². The van der Waals surface area contributed by atoms with E-state index in [4.69, 9.17) is 6.85 Å². The summed E-state index contributed by atoms with van der Waals surface area (Å²) in [5.74, 6) is -0.600. The van der Waals surface area contributed by atoms with Crippen LogP contribution in [0.3, 0.4) is 0 Å². The number of aliphatic hydroxyl groups is 1. The van der Waals surface area contributed by atoms with Gasteiger partial charge < -0.3 is 15.1 Å². The van der Waals surface area contributed by atoms with Gasteiger partial charge in [-0.15, -0.1) is 0 Å². The van der Waals surface area contributed by atoms with Gasteiger partial charge in [0.1, 0.15) is 5.75 Å². The predicted octanol–water partition coefficient (Wildman–Crippen LogP) is 2.62. The summed E-state index contributed by atoms with van der Waals surface area (Å²) >= 11 is 0. The number of benzene rings is 1. The van der Waals surface area contributed by atoms with E-state index in [9.17, 15) is 10.2 Å². The summed E-state index contributed by atoms with van der Waals surface area (Å²) in [6, 6.07) is 4.38. The van der Waals surface area contributed by atoms with E-state index in [0.717, 1.165) is 24.2 Å². The molecule has 0 unspecified atom stereocenters. The third-order valence-electron chi connectivity index (χ3n) is 4.40. The highest BCUT2D eigenvalue weighted by atomic mass is 16.3. The van der Waals surface area contributed by atoms with Crippen molar-refractivity contribution in [3.8, 4) is 5.75 Å². The Labute approximate surface area is 121 Å². The molecule has 1 fully saturated rings. The SMILES string of the molecule is [2H]C([2H])([2H])N1C[C@@H](C2(O)CCCCC2)c2ccc(O)cc2C1([2H])[2H]. The van der Waals surface area contributed by atoms with Crippen LogP contribution in [0.4, 0.5) is 0 Å². The maximum absolute atomic E-state index is 11.2. The molecule has 2 aliphatic rings. The molecule has 19 heavy (non-hydrogen) atoms. The highest BCUT2D eigenvalue weighted by Crippen LogP contribution is 2.43. The monoisotopic (exact) mass is 266 g/mol. The van der Waals surface area contributed by atoms with E-state index in [0.29, 0.717) is 18.4 Å². The zero-order chi connectivity index (χ0) is 17.8. The molecular weight excluding hydrogens is 238 g/mol. The minimum absolute atomic E-state index is 0.0717. The summed E-state index contributed by atoms with van der Waals surface area (Å²) < 4.78 is 39.8. The van der Waals surface area contributed by atoms with Crippen molar-refractivity contribution in [2.24, 2.45) is 0 Å². The Kier molecular flexibility index (Phi) is 2.09. The zero-order valence-corrected chi connectivity index (χ0v) is 10.9. The lowest BCUT2D eigenvalue weighted by molar-refractivity contribution is -0.0333. The van der Waals surface area contributed by atoms with Crippen LogP contribution in [0, 0.1) is 0 Å². The number of rotatable bonds is 1. The standard InChI is InChI=1S/C16H23NO2/c1-17-10-12-9-13(18)5-6-14(12)15(11-17)16(19)7-3-2-4-8-16/h5-6,9,15,18-19H,2-4,7-8,10-11H2,1H3/t15-/m1/s1/i1D3,10D2. The highest BCUT2D eigenvalue weighted by molar-refractivity contribution is 5.40. The van der Waals surface area contributed by atoms with Crippen LogP contribution < -0.4 is 0 Å². The second-order valence-electron chi connectivity index (χ2n) is 5.71. The number of aromatic hydroxyl groups is 1. The van der Waals surface area contributed by atoms with Crippen LogP contribution in [0.5, 0.6) is 5.75 Å². The van der Waals surface area contributed by atoms with Crippen LogP contribution in [-0.2, 0) is 6.50 Å². The summed E-state index contributed by atoms with van der Waals surface area (Å²) in [5, 5.41) is 21.0. The predicted molar refractivity (Wildman–Crippen MR) is 75.2 cm³/mol. The maximum atomic E-state index is 11.2. The maximum Gasteiger partial charge on any atom is 0.115 e. The quantitative estimate of drug-likeness (QED) is 0.821. The van der Waals surface area contributed by atoms with Crippen LogP contribution in [-0.4, -0.2) is 34.2 Å². The van der Waals surface area contributed by atoms with Crippen molar-refractivity contribution >= 4 is 0 Å². The Morgan fingerprint density at radius 1 is 1.37 bits per heavy atom. The summed E-state index contributed by atoms with van der Waals surface area (Å²) in [6.45, 7) is -4.94. The fourth-order valence-corrected chi connectivity index (χ4v) is 3.39. The van der Waals surface area contributed by atoms with Crippen molar-refractivity contribution < 1.29 is 17.1 Å². The Balaban J connectivity index is 2.14. The lowest BCUT2D eigenvalue weighted by atomic mass is 9.70. The molecule has 1 aromatic rings. The van der Waals surface area contributed by atoms with Crippen LogP contribution in [0.1, 0.15) is 56.0 Å². The zero-order valence-electron chi connectivity index (χ0n) is 15.9. The molecule has 3 heteroatoms. The van der Waals surface area contributed by atoms with Gasteiger partial charge in [0.15, 0.2) is 0 Å². The van der Waals surface area contributed by atoms with Gasteiger partial charge in [-0.2, -0.15) is 0 Å². The second kappa shape index (κ2) is 4.80. The molecule has 2 N–H and O–H groups in total.